The molecule has 0 saturated heterocycles. The Balaban J connectivity index is 1.83. The van der Waals surface area contributed by atoms with E-state index in [1.165, 1.54) is 0 Å². The molecule has 0 aliphatic carbocycles. The van der Waals surface area contributed by atoms with Crippen molar-refractivity contribution in [2.75, 3.05) is 12.5 Å². The molecule has 0 atom stereocenters. The van der Waals surface area contributed by atoms with Gasteiger partial charge in [0, 0.05) is 12.5 Å². The summed E-state index contributed by atoms with van der Waals surface area (Å²) in [4.78, 5) is 0. The molecular weight excluding hydrogens is 733 g/mol. The van der Waals surface area contributed by atoms with Gasteiger partial charge in [-0.1, -0.05) is 119 Å². The second-order valence-corrected chi connectivity index (χ2v) is 38.8. The van der Waals surface area contributed by atoms with Crippen LogP contribution in [0.4, 0.5) is 0 Å². The Morgan fingerprint density at radius 1 is 0.462 bits per heavy atom. The van der Waals surface area contributed by atoms with Crippen LogP contribution in [-0.2, 0) is 36.3 Å². The molecule has 52 heavy (non-hydrogen) atoms. The molecule has 0 aliphatic rings. The van der Waals surface area contributed by atoms with Gasteiger partial charge < -0.3 is 32.4 Å². The number of phenols is 3. The Bertz CT molecular complexity index is 1450. The molecule has 0 unspecified atom stereocenters. The van der Waals surface area contributed by atoms with Gasteiger partial charge >= 0.3 is 9.05 Å². The fraction of sp³-hybridized carbons (Fsp3) is 0.550. The first-order valence-electron chi connectivity index (χ1n) is 19.3. The van der Waals surface area contributed by atoms with Crippen LogP contribution in [0.2, 0.25) is 76.6 Å². The van der Waals surface area contributed by atoms with Gasteiger partial charge in [-0.3, -0.25) is 0 Å². The molecule has 0 radical (unpaired) electrons. The van der Waals surface area contributed by atoms with Crippen molar-refractivity contribution in [1.82, 2.24) is 0 Å². The quantitative estimate of drug-likeness (QED) is 0.0776. The molecule has 0 fully saturated rings. The first-order valence-corrected chi connectivity index (χ1v) is 34.0. The minimum Gasteiger partial charge on any atom is -0.508 e. The Hall–Kier alpha value is -2.02. The van der Waals surface area contributed by atoms with Gasteiger partial charge in [-0.2, -0.15) is 0 Å². The minimum atomic E-state index is -3.62. The van der Waals surface area contributed by atoms with Crippen LogP contribution in [0, 0.1) is 0 Å². The van der Waals surface area contributed by atoms with Crippen molar-refractivity contribution in [2.24, 2.45) is 0 Å². The van der Waals surface area contributed by atoms with E-state index in [2.05, 4.69) is 59.3 Å². The minimum absolute atomic E-state index is 0.346. The van der Waals surface area contributed by atoms with Crippen molar-refractivity contribution in [3.05, 3.63) is 89.5 Å². The molecule has 0 aliphatic heterocycles. The second kappa shape index (κ2) is 20.1. The van der Waals surface area contributed by atoms with E-state index in [4.69, 9.17) is 17.1 Å². The fourth-order valence-electron chi connectivity index (χ4n) is 6.66. The van der Waals surface area contributed by atoms with E-state index in [-0.39, 0.29) is 0 Å². The first kappa shape index (κ1) is 44.4. The number of hydrogen-bond acceptors (Lipinski definition) is 7. The zero-order valence-corrected chi connectivity index (χ0v) is 38.6. The molecule has 3 rings (SSSR count). The summed E-state index contributed by atoms with van der Waals surface area (Å²) in [5.74, 6) is 1.08. The number of aryl methyl sites for hydroxylation is 3. The lowest BCUT2D eigenvalue weighted by Gasteiger charge is -2.42. The summed E-state index contributed by atoms with van der Waals surface area (Å²) < 4.78 is 28.8. The lowest BCUT2D eigenvalue weighted by molar-refractivity contribution is 0.0591. The molecule has 0 aromatic heterocycles. The van der Waals surface area contributed by atoms with Crippen LogP contribution in [0.25, 0.3) is 0 Å². The zero-order valence-electron chi connectivity index (χ0n) is 33.6. The van der Waals surface area contributed by atoms with Crippen molar-refractivity contribution < 1.29 is 32.4 Å². The van der Waals surface area contributed by atoms with Crippen LogP contribution in [0.3, 0.4) is 0 Å². The summed E-state index contributed by atoms with van der Waals surface area (Å²) in [7, 11) is -12.0. The lowest BCUT2D eigenvalue weighted by Crippen LogP contribution is -2.62. The molecule has 3 N–H and O–H groups in total. The molecule has 0 heterocycles. The predicted molar refractivity (Wildman–Crippen MR) is 229 cm³/mol. The molecule has 0 amide bonds. The maximum Gasteiger partial charge on any atom is 0.657 e. The first-order chi connectivity index (χ1) is 24.4. The van der Waals surface area contributed by atoms with Gasteiger partial charge in [-0.05, 0) is 98.8 Å². The third-order valence-electron chi connectivity index (χ3n) is 9.73. The average molecular weight is 801 g/mol. The molecule has 290 valence electrons. The molecule has 3 aromatic rings. The number of phenolic OH excluding ortho intramolecular Hbond substituents is 3. The third kappa shape index (κ3) is 15.8. The smallest absolute Gasteiger partial charge is 0.508 e. The van der Waals surface area contributed by atoms with E-state index < -0.39 is 41.8 Å². The lowest BCUT2D eigenvalue weighted by atomic mass is 10.1. The Kier molecular flexibility index (Phi) is 17.1. The zero-order chi connectivity index (χ0) is 38.5. The highest BCUT2D eigenvalue weighted by atomic mass is 28.5. The van der Waals surface area contributed by atoms with Crippen molar-refractivity contribution >= 4 is 41.8 Å². The van der Waals surface area contributed by atoms with Crippen molar-refractivity contribution in [1.29, 1.82) is 0 Å². The van der Waals surface area contributed by atoms with Crippen LogP contribution in [0.15, 0.2) is 72.8 Å². The monoisotopic (exact) mass is 800 g/mol. The number of hydrogen-bond donors (Lipinski definition) is 3. The van der Waals surface area contributed by atoms with Gasteiger partial charge in [0.15, 0.2) is 16.6 Å². The topological polar surface area (TPSA) is 97.6 Å². The number of rotatable bonds is 24. The van der Waals surface area contributed by atoms with Gasteiger partial charge in [-0.15, -0.1) is 0 Å². The van der Waals surface area contributed by atoms with E-state index in [0.717, 1.165) is 85.8 Å². The van der Waals surface area contributed by atoms with Gasteiger partial charge in [0.1, 0.15) is 17.2 Å². The highest BCUT2D eigenvalue weighted by Crippen LogP contribution is 2.32. The fourth-order valence-corrected chi connectivity index (χ4v) is 23.8. The van der Waals surface area contributed by atoms with E-state index in [0.29, 0.717) is 29.7 Å². The largest absolute Gasteiger partial charge is 0.657 e. The van der Waals surface area contributed by atoms with Gasteiger partial charge in [0.2, 0.25) is 0 Å². The van der Waals surface area contributed by atoms with E-state index >= 15 is 0 Å². The SMILES string of the molecule is CCC[Si](C)(C)O[Si](OC[Si](C)(C)CCCc1ccccc1O)(OC[Si](C)(C)CCCc1ccccc1O)O[Si](C)(C)CCCc1ccccc1O. The third-order valence-corrected chi connectivity index (χ3v) is 26.3. The van der Waals surface area contributed by atoms with Crippen molar-refractivity contribution in [3.8, 4) is 17.2 Å². The maximum absolute atomic E-state index is 10.4. The molecule has 0 spiro atoms. The van der Waals surface area contributed by atoms with E-state index in [1.54, 1.807) is 18.2 Å². The van der Waals surface area contributed by atoms with Crippen LogP contribution >= 0.6 is 0 Å². The average Bonchev–Trinajstić information content (AvgIpc) is 3.05. The Morgan fingerprint density at radius 2 is 0.788 bits per heavy atom. The summed E-state index contributed by atoms with van der Waals surface area (Å²) in [5, 5.41) is 31.0. The number of aromatic hydroxyl groups is 3. The van der Waals surface area contributed by atoms with Gasteiger partial charge in [0.25, 0.3) is 0 Å². The van der Waals surface area contributed by atoms with Crippen molar-refractivity contribution in [2.45, 2.75) is 128 Å². The second-order valence-electron chi connectivity index (χ2n) is 17.3. The number of benzene rings is 3. The highest BCUT2D eigenvalue weighted by molar-refractivity contribution is 6.86. The van der Waals surface area contributed by atoms with Gasteiger partial charge in [0.05, 0.1) is 16.1 Å². The predicted octanol–water partition coefficient (Wildman–Crippen LogP) is 10.8. The van der Waals surface area contributed by atoms with Gasteiger partial charge in [-0.25, -0.2) is 0 Å². The summed E-state index contributed by atoms with van der Waals surface area (Å²) in [5.41, 5.74) is 2.94. The molecule has 0 bridgehead atoms. The standard InChI is InChI=1S/C40H68O7Si5/c1-10-29-50(6,7)46-52(47-51(8,9)32-19-25-37-22-13-16-28-40(37)43,44-33-48(2,3)30-17-23-35-20-11-14-26-38(35)41)45-34-49(4,5)31-18-24-36-21-12-15-27-39(36)42/h11-16,20-22,26-28,41-43H,10,17-19,23-25,29-34H2,1-9H3. The summed E-state index contributed by atoms with van der Waals surface area (Å²) in [6, 6.07) is 26.8. The molecule has 3 aromatic carbocycles. The maximum atomic E-state index is 10.4. The summed E-state index contributed by atoms with van der Waals surface area (Å²) >= 11 is 0. The van der Waals surface area contributed by atoms with E-state index in [1.807, 2.05) is 54.6 Å². The van der Waals surface area contributed by atoms with Crippen LogP contribution < -0.4 is 0 Å². The van der Waals surface area contributed by atoms with Crippen LogP contribution in [0.5, 0.6) is 17.2 Å². The number of para-hydroxylation sites is 3. The van der Waals surface area contributed by atoms with Crippen LogP contribution in [0.1, 0.15) is 49.3 Å². The molecule has 7 nitrogen and oxygen atoms in total. The highest BCUT2D eigenvalue weighted by Gasteiger charge is 2.54. The van der Waals surface area contributed by atoms with Crippen molar-refractivity contribution in [3.63, 3.8) is 0 Å². The Morgan fingerprint density at radius 3 is 1.13 bits per heavy atom. The normalized spacial score (nSPS) is 13.1. The molecule has 12 heteroatoms. The molecular formula is C40H68O7Si5. The van der Waals surface area contributed by atoms with E-state index in [9.17, 15) is 15.3 Å². The summed E-state index contributed by atoms with van der Waals surface area (Å²) in [6.45, 7) is 20.8. The summed E-state index contributed by atoms with van der Waals surface area (Å²) in [6.07, 6.45) is 7.54. The van der Waals surface area contributed by atoms with Crippen LogP contribution in [-0.4, -0.2) is 69.6 Å². The Labute approximate surface area is 320 Å². The molecule has 0 saturated carbocycles.